The summed E-state index contributed by atoms with van der Waals surface area (Å²) in [6.07, 6.45) is 2.16. The first kappa shape index (κ1) is 12.8. The summed E-state index contributed by atoms with van der Waals surface area (Å²) in [5.41, 5.74) is 0.945. The summed E-state index contributed by atoms with van der Waals surface area (Å²) in [6, 6.07) is 5.08. The van der Waals surface area contributed by atoms with E-state index in [9.17, 15) is 8.42 Å². The minimum atomic E-state index is -3.80. The Hall–Kier alpha value is -1.60. The van der Waals surface area contributed by atoms with Gasteiger partial charge in [0.15, 0.2) is 0 Å². The van der Waals surface area contributed by atoms with E-state index in [2.05, 4.69) is 4.40 Å². The number of hydrogen-bond acceptors (Lipinski definition) is 4. The number of benzene rings is 1. The van der Waals surface area contributed by atoms with Gasteiger partial charge in [-0.2, -0.15) is 17.2 Å². The Balaban J connectivity index is 2.47. The van der Waals surface area contributed by atoms with Gasteiger partial charge >= 0.3 is 10.2 Å². The molecule has 0 saturated carbocycles. The van der Waals surface area contributed by atoms with Gasteiger partial charge in [0.25, 0.3) is 0 Å². The van der Waals surface area contributed by atoms with Gasteiger partial charge in [-0.15, -0.1) is 0 Å². The van der Waals surface area contributed by atoms with E-state index in [1.807, 2.05) is 13.8 Å². The molecule has 18 heavy (non-hydrogen) atoms. The van der Waals surface area contributed by atoms with Crippen molar-refractivity contribution in [2.75, 3.05) is 4.41 Å². The molecule has 0 saturated heterocycles. The third-order valence-corrected chi connectivity index (χ3v) is 3.81. The molecule has 1 heterocycles. The Kier molecular flexibility index (Phi) is 3.27. The number of fused-ring (bicyclic) bond motifs is 1. The van der Waals surface area contributed by atoms with Crippen LogP contribution in [0.4, 0.5) is 5.69 Å². The van der Waals surface area contributed by atoms with Gasteiger partial charge in [0.1, 0.15) is 5.75 Å². The summed E-state index contributed by atoms with van der Waals surface area (Å²) in [4.78, 5) is 0. The number of rotatable bonds is 3. The van der Waals surface area contributed by atoms with Crippen molar-refractivity contribution in [1.29, 1.82) is 0 Å². The summed E-state index contributed by atoms with van der Waals surface area (Å²) < 4.78 is 32.8. The van der Waals surface area contributed by atoms with Gasteiger partial charge in [-0.3, -0.25) is 0 Å². The van der Waals surface area contributed by atoms with Gasteiger partial charge in [0.05, 0.1) is 23.6 Å². The molecule has 0 aromatic heterocycles. The Morgan fingerprint density at radius 3 is 2.89 bits per heavy atom. The second-order valence-corrected chi connectivity index (χ2v) is 5.53. The molecule has 2 N–H and O–H groups in total. The number of anilines is 1. The highest BCUT2D eigenvalue weighted by molar-refractivity contribution is 7.91. The van der Waals surface area contributed by atoms with Crippen LogP contribution in [0.2, 0.25) is 0 Å². The zero-order chi connectivity index (χ0) is 13.3. The highest BCUT2D eigenvalue weighted by atomic mass is 32.2. The van der Waals surface area contributed by atoms with Gasteiger partial charge in [-0.1, -0.05) is 13.0 Å². The van der Waals surface area contributed by atoms with Gasteiger partial charge in [-0.25, -0.2) is 5.84 Å². The van der Waals surface area contributed by atoms with Crippen LogP contribution in [-0.4, -0.2) is 20.7 Å². The van der Waals surface area contributed by atoms with Crippen molar-refractivity contribution in [3.8, 4) is 5.75 Å². The lowest BCUT2D eigenvalue weighted by molar-refractivity contribution is 0.217. The average Bonchev–Trinajstić information content (AvgIpc) is 2.34. The average molecular weight is 269 g/mol. The van der Waals surface area contributed by atoms with Gasteiger partial charge < -0.3 is 4.74 Å². The Morgan fingerprint density at radius 2 is 2.22 bits per heavy atom. The summed E-state index contributed by atoms with van der Waals surface area (Å²) in [6.45, 7) is 3.95. The molecule has 0 spiro atoms. The van der Waals surface area contributed by atoms with E-state index in [0.29, 0.717) is 21.4 Å². The standard InChI is InChI=1S/C11H15N3O3S/c1-3-8(2)17-11-6-4-5-10-9(11)7-13-18(15,16)14(10)12/h4-8H,3,12H2,1-2H3. The van der Waals surface area contributed by atoms with E-state index in [4.69, 9.17) is 10.6 Å². The molecule has 2 rings (SSSR count). The predicted molar refractivity (Wildman–Crippen MR) is 70.0 cm³/mol. The van der Waals surface area contributed by atoms with Crippen LogP contribution < -0.4 is 15.0 Å². The van der Waals surface area contributed by atoms with Crippen molar-refractivity contribution in [3.63, 3.8) is 0 Å². The van der Waals surface area contributed by atoms with Crippen molar-refractivity contribution in [2.24, 2.45) is 10.2 Å². The minimum absolute atomic E-state index is 0.0367. The summed E-state index contributed by atoms with van der Waals surface area (Å²) in [5, 5.41) is 0. The molecule has 1 aromatic rings. The molecular weight excluding hydrogens is 254 g/mol. The lowest BCUT2D eigenvalue weighted by atomic mass is 10.1. The quantitative estimate of drug-likeness (QED) is 0.836. The van der Waals surface area contributed by atoms with Gasteiger partial charge in [-0.05, 0) is 25.5 Å². The van der Waals surface area contributed by atoms with Crippen molar-refractivity contribution in [3.05, 3.63) is 23.8 Å². The van der Waals surface area contributed by atoms with Crippen molar-refractivity contribution < 1.29 is 13.2 Å². The first-order valence-electron chi connectivity index (χ1n) is 5.60. The third kappa shape index (κ3) is 2.19. The van der Waals surface area contributed by atoms with Crippen molar-refractivity contribution in [1.82, 2.24) is 0 Å². The summed E-state index contributed by atoms with van der Waals surface area (Å²) in [5.74, 6) is 6.11. The molecule has 1 aliphatic heterocycles. The van der Waals surface area contributed by atoms with E-state index in [1.165, 1.54) is 6.21 Å². The van der Waals surface area contributed by atoms with E-state index >= 15 is 0 Å². The zero-order valence-corrected chi connectivity index (χ0v) is 11.0. The normalized spacial score (nSPS) is 18.3. The van der Waals surface area contributed by atoms with Crippen molar-refractivity contribution in [2.45, 2.75) is 26.4 Å². The van der Waals surface area contributed by atoms with Crippen LogP contribution in [0.1, 0.15) is 25.8 Å². The molecule has 98 valence electrons. The number of ether oxygens (including phenoxy) is 1. The number of nitrogens with zero attached hydrogens (tertiary/aromatic N) is 2. The highest BCUT2D eigenvalue weighted by Gasteiger charge is 2.26. The second kappa shape index (κ2) is 4.58. The number of hydrazine groups is 1. The maximum Gasteiger partial charge on any atom is 0.358 e. The molecule has 6 nitrogen and oxygen atoms in total. The van der Waals surface area contributed by atoms with Crippen LogP contribution in [0.3, 0.4) is 0 Å². The Labute approximate surface area is 106 Å². The first-order chi connectivity index (χ1) is 8.45. The summed E-state index contributed by atoms with van der Waals surface area (Å²) >= 11 is 0. The van der Waals surface area contributed by atoms with E-state index in [1.54, 1.807) is 18.2 Å². The molecule has 0 amide bonds. The monoisotopic (exact) mass is 269 g/mol. The second-order valence-electron chi connectivity index (χ2n) is 4.03. The largest absolute Gasteiger partial charge is 0.490 e. The SMILES string of the molecule is CCC(C)Oc1cccc2c1C=NS(=O)(=O)N2N. The van der Waals surface area contributed by atoms with Gasteiger partial charge in [0.2, 0.25) is 0 Å². The zero-order valence-electron chi connectivity index (χ0n) is 10.2. The lowest BCUT2D eigenvalue weighted by Gasteiger charge is -2.24. The van der Waals surface area contributed by atoms with Crippen LogP contribution in [-0.2, 0) is 10.2 Å². The molecule has 0 bridgehead atoms. The fourth-order valence-corrected chi connectivity index (χ4v) is 2.30. The van der Waals surface area contributed by atoms with E-state index in [0.717, 1.165) is 6.42 Å². The third-order valence-electron chi connectivity index (χ3n) is 2.75. The molecule has 7 heteroatoms. The number of hydrogen-bond donors (Lipinski definition) is 1. The number of nitrogens with two attached hydrogens (primary N) is 1. The van der Waals surface area contributed by atoms with Crippen LogP contribution in [0, 0.1) is 0 Å². The summed E-state index contributed by atoms with van der Waals surface area (Å²) in [7, 11) is -3.80. The molecule has 1 atom stereocenters. The molecule has 1 aromatic carbocycles. The molecule has 0 fully saturated rings. The fourth-order valence-electron chi connectivity index (χ4n) is 1.55. The molecule has 0 radical (unpaired) electrons. The smallest absolute Gasteiger partial charge is 0.358 e. The molecule has 1 aliphatic rings. The molecular formula is C11H15N3O3S. The Morgan fingerprint density at radius 1 is 1.50 bits per heavy atom. The lowest BCUT2D eigenvalue weighted by Crippen LogP contribution is -2.38. The van der Waals surface area contributed by atoms with Crippen LogP contribution in [0.5, 0.6) is 5.75 Å². The predicted octanol–water partition coefficient (Wildman–Crippen LogP) is 1.22. The van der Waals surface area contributed by atoms with Gasteiger partial charge in [0, 0.05) is 0 Å². The molecule has 0 aliphatic carbocycles. The minimum Gasteiger partial charge on any atom is -0.490 e. The van der Waals surface area contributed by atoms with E-state index in [-0.39, 0.29) is 6.10 Å². The van der Waals surface area contributed by atoms with E-state index < -0.39 is 10.2 Å². The van der Waals surface area contributed by atoms with Crippen LogP contribution in [0.25, 0.3) is 0 Å². The van der Waals surface area contributed by atoms with Crippen LogP contribution in [0.15, 0.2) is 22.6 Å². The maximum atomic E-state index is 11.5. The molecule has 1 unspecified atom stereocenters. The first-order valence-corrected chi connectivity index (χ1v) is 7.00. The highest BCUT2D eigenvalue weighted by Crippen LogP contribution is 2.31. The maximum absolute atomic E-state index is 11.5. The topological polar surface area (TPSA) is 85.0 Å². The van der Waals surface area contributed by atoms with Crippen molar-refractivity contribution >= 4 is 22.1 Å². The fraction of sp³-hybridized carbons (Fsp3) is 0.364. The Bertz CT molecular complexity index is 583. The van der Waals surface area contributed by atoms with Crippen LogP contribution >= 0.6 is 0 Å².